The van der Waals surface area contributed by atoms with E-state index >= 15 is 0 Å². The van der Waals surface area contributed by atoms with E-state index in [1.165, 1.54) is 25.4 Å². The third-order valence-electron chi connectivity index (χ3n) is 3.43. The average molecular weight is 416 g/mol. The molecule has 0 amide bonds. The summed E-state index contributed by atoms with van der Waals surface area (Å²) < 4.78 is 32.0. The summed E-state index contributed by atoms with van der Waals surface area (Å²) in [5.41, 5.74) is 1.17. The summed E-state index contributed by atoms with van der Waals surface area (Å²) in [5.74, 6) is 0.281. The zero-order valence-electron chi connectivity index (χ0n) is 12.0. The molecule has 0 saturated heterocycles. The fourth-order valence-corrected chi connectivity index (χ4v) is 4.42. The van der Waals surface area contributed by atoms with Crippen molar-refractivity contribution in [3.63, 3.8) is 0 Å². The van der Waals surface area contributed by atoms with Gasteiger partial charge < -0.3 is 4.74 Å². The summed E-state index contributed by atoms with van der Waals surface area (Å²) in [6.07, 6.45) is 1.51. The molecule has 0 fully saturated rings. The predicted octanol–water partition coefficient (Wildman–Crippen LogP) is 3.83. The second kappa shape index (κ2) is 6.14. The van der Waals surface area contributed by atoms with Gasteiger partial charge in [0, 0.05) is 10.7 Å². The van der Waals surface area contributed by atoms with Crippen molar-refractivity contribution in [2.75, 3.05) is 7.11 Å². The Hall–Kier alpha value is -1.57. The lowest BCUT2D eigenvalue weighted by molar-refractivity contribution is 0.418. The highest BCUT2D eigenvalue weighted by atomic mass is 79.9. The van der Waals surface area contributed by atoms with Crippen LogP contribution in [0.5, 0.6) is 5.75 Å². The van der Waals surface area contributed by atoms with Gasteiger partial charge in [-0.05, 0) is 23.8 Å². The van der Waals surface area contributed by atoms with Gasteiger partial charge in [0.15, 0.2) is 5.75 Å². The van der Waals surface area contributed by atoms with Crippen molar-refractivity contribution in [3.8, 4) is 5.75 Å². The molecular weight excluding hydrogens is 404 g/mol. The molecule has 3 rings (SSSR count). The maximum Gasteiger partial charge on any atom is 0.283 e. The molecule has 23 heavy (non-hydrogen) atoms. The second-order valence-corrected chi connectivity index (χ2v) is 7.49. The van der Waals surface area contributed by atoms with Gasteiger partial charge in [-0.15, -0.1) is 4.09 Å². The van der Waals surface area contributed by atoms with Crippen LogP contribution in [0, 0.1) is 0 Å². The Morgan fingerprint density at radius 3 is 2.61 bits per heavy atom. The van der Waals surface area contributed by atoms with E-state index in [2.05, 4.69) is 21.0 Å². The number of benzene rings is 2. The van der Waals surface area contributed by atoms with E-state index in [0.29, 0.717) is 21.3 Å². The zero-order valence-corrected chi connectivity index (χ0v) is 15.2. The largest absolute Gasteiger partial charge is 0.493 e. The van der Waals surface area contributed by atoms with Crippen molar-refractivity contribution >= 4 is 48.5 Å². The maximum atomic E-state index is 12.9. The first-order valence-corrected chi connectivity index (χ1v) is 9.54. The lowest BCUT2D eigenvalue weighted by Gasteiger charge is -2.11. The molecule has 0 atom stereocenters. The summed E-state index contributed by atoms with van der Waals surface area (Å²) in [6, 6.07) is 9.84. The molecule has 0 aliphatic carbocycles. The molecule has 0 aliphatic rings. The van der Waals surface area contributed by atoms with E-state index in [1.807, 2.05) is 0 Å². The Kier molecular flexibility index (Phi) is 4.35. The van der Waals surface area contributed by atoms with E-state index in [1.54, 1.807) is 24.3 Å². The highest BCUT2D eigenvalue weighted by molar-refractivity contribution is 9.08. The molecule has 0 bridgehead atoms. The number of aromatic nitrogens is 2. The number of rotatable bonds is 4. The van der Waals surface area contributed by atoms with Gasteiger partial charge in [-0.25, -0.2) is 0 Å². The van der Waals surface area contributed by atoms with Crippen LogP contribution in [0.25, 0.3) is 10.9 Å². The number of nitrogens with zero attached hydrogens (tertiary/aromatic N) is 2. The number of methoxy groups -OCH3 is 1. The van der Waals surface area contributed by atoms with E-state index in [9.17, 15) is 8.42 Å². The van der Waals surface area contributed by atoms with E-state index < -0.39 is 10.0 Å². The molecule has 1 aromatic heterocycles. The van der Waals surface area contributed by atoms with Crippen LogP contribution in [0.1, 0.15) is 5.56 Å². The Balaban J connectivity index is 2.38. The minimum Gasteiger partial charge on any atom is -0.493 e. The monoisotopic (exact) mass is 414 g/mol. The molecule has 0 spiro atoms. The van der Waals surface area contributed by atoms with E-state index in [-0.39, 0.29) is 10.6 Å². The summed E-state index contributed by atoms with van der Waals surface area (Å²) in [6.45, 7) is 0. The van der Waals surface area contributed by atoms with Crippen LogP contribution in [0.2, 0.25) is 5.02 Å². The molecule has 5 nitrogen and oxygen atoms in total. The molecule has 0 saturated carbocycles. The number of fused-ring (bicyclic) bond motifs is 1. The molecule has 2 aromatic carbocycles. The van der Waals surface area contributed by atoms with Crippen LogP contribution in [-0.4, -0.2) is 24.7 Å². The van der Waals surface area contributed by atoms with Crippen molar-refractivity contribution in [2.24, 2.45) is 0 Å². The van der Waals surface area contributed by atoms with Gasteiger partial charge >= 0.3 is 0 Å². The lowest BCUT2D eigenvalue weighted by atomic mass is 10.1. The number of alkyl halides is 1. The molecule has 1 heterocycles. The first-order chi connectivity index (χ1) is 11.0. The standard InChI is InChI=1S/C15H12BrClN2O3S/c1-22-15-13(17)7-10(8-16)12-9-18-19(14(12)15)23(20,21)11-5-3-2-4-6-11/h2-7,9H,8H2,1H3. The second-order valence-electron chi connectivity index (χ2n) is 4.75. The zero-order chi connectivity index (χ0) is 16.6. The topological polar surface area (TPSA) is 61.2 Å². The molecule has 0 unspecified atom stereocenters. The number of ether oxygens (including phenoxy) is 1. The van der Waals surface area contributed by atoms with Crippen LogP contribution in [0.4, 0.5) is 0 Å². The van der Waals surface area contributed by atoms with Gasteiger partial charge in [-0.3, -0.25) is 0 Å². The van der Waals surface area contributed by atoms with Gasteiger partial charge in [-0.2, -0.15) is 13.5 Å². The summed E-state index contributed by atoms with van der Waals surface area (Å²) in [5, 5.41) is 5.59. The smallest absolute Gasteiger partial charge is 0.283 e. The van der Waals surface area contributed by atoms with Crippen molar-refractivity contribution in [1.82, 2.24) is 9.19 Å². The third kappa shape index (κ3) is 2.62. The molecule has 0 N–H and O–H groups in total. The van der Waals surface area contributed by atoms with Gasteiger partial charge in [-0.1, -0.05) is 45.7 Å². The lowest BCUT2D eigenvalue weighted by Crippen LogP contribution is -2.14. The first-order valence-electron chi connectivity index (χ1n) is 6.60. The average Bonchev–Trinajstić information content (AvgIpc) is 3.00. The van der Waals surface area contributed by atoms with Crippen LogP contribution < -0.4 is 4.74 Å². The summed E-state index contributed by atoms with van der Waals surface area (Å²) in [7, 11) is -2.40. The summed E-state index contributed by atoms with van der Waals surface area (Å²) >= 11 is 9.61. The van der Waals surface area contributed by atoms with Crippen molar-refractivity contribution < 1.29 is 13.2 Å². The van der Waals surface area contributed by atoms with E-state index in [0.717, 1.165) is 9.65 Å². The Morgan fingerprint density at radius 1 is 1.30 bits per heavy atom. The van der Waals surface area contributed by atoms with Gasteiger partial charge in [0.25, 0.3) is 10.0 Å². The van der Waals surface area contributed by atoms with Crippen LogP contribution >= 0.6 is 27.5 Å². The normalized spacial score (nSPS) is 11.8. The fraction of sp³-hybridized carbons (Fsp3) is 0.133. The molecule has 120 valence electrons. The van der Waals surface area contributed by atoms with Crippen molar-refractivity contribution in [3.05, 3.63) is 53.2 Å². The van der Waals surface area contributed by atoms with Crippen molar-refractivity contribution in [1.29, 1.82) is 0 Å². The number of hydrogen-bond acceptors (Lipinski definition) is 4. The highest BCUT2D eigenvalue weighted by Crippen LogP contribution is 2.37. The Labute approximate surface area is 147 Å². The number of halogens is 2. The predicted molar refractivity (Wildman–Crippen MR) is 93.0 cm³/mol. The summed E-state index contributed by atoms with van der Waals surface area (Å²) in [4.78, 5) is 0.146. The van der Waals surface area contributed by atoms with E-state index in [4.69, 9.17) is 16.3 Å². The Morgan fingerprint density at radius 2 is 2.00 bits per heavy atom. The highest BCUT2D eigenvalue weighted by Gasteiger charge is 2.25. The molecule has 0 radical (unpaired) electrons. The van der Waals surface area contributed by atoms with Gasteiger partial charge in [0.1, 0.15) is 5.52 Å². The van der Waals surface area contributed by atoms with Crippen LogP contribution in [-0.2, 0) is 15.4 Å². The third-order valence-corrected chi connectivity index (χ3v) is 5.92. The maximum absolute atomic E-state index is 12.9. The minimum absolute atomic E-state index is 0.146. The molecular formula is C15H12BrClN2O3S. The number of hydrogen-bond donors (Lipinski definition) is 0. The Bertz CT molecular complexity index is 971. The minimum atomic E-state index is -3.84. The molecule has 0 aliphatic heterocycles. The first kappa shape index (κ1) is 16.3. The van der Waals surface area contributed by atoms with Crippen molar-refractivity contribution in [2.45, 2.75) is 10.2 Å². The fourth-order valence-electron chi connectivity index (χ4n) is 2.36. The van der Waals surface area contributed by atoms with Crippen LogP contribution in [0.3, 0.4) is 0 Å². The molecule has 3 aromatic rings. The van der Waals surface area contributed by atoms with Crippen LogP contribution in [0.15, 0.2) is 47.5 Å². The SMILES string of the molecule is COc1c(Cl)cc(CBr)c2cnn(S(=O)(=O)c3ccccc3)c12. The molecule has 8 heteroatoms. The quantitative estimate of drug-likeness (QED) is 0.608. The van der Waals surface area contributed by atoms with Gasteiger partial charge in [0.05, 0.1) is 23.2 Å². The van der Waals surface area contributed by atoms with Gasteiger partial charge in [0.2, 0.25) is 0 Å².